The van der Waals surface area contributed by atoms with Crippen LogP contribution in [0.4, 0.5) is 21.0 Å². The second-order valence-corrected chi connectivity index (χ2v) is 30.5. The molecule has 1 saturated heterocycles. The first-order chi connectivity index (χ1) is 51.3. The van der Waals surface area contributed by atoms with Crippen molar-refractivity contribution in [1.29, 1.82) is 0 Å². The molecule has 2 aliphatic heterocycles. The normalized spacial score (nSPS) is 16.9. The fourth-order valence-corrected chi connectivity index (χ4v) is 14.5. The SMILES string of the molecule is CCC(C)[C@@H](C(CC(=O)N1CCC[C@H]1[C@H](OC)[C@@H](C)C(=O)C[C@H](C)[C@@H](O)c1ccccc1)OC)N(C)C(=O)[C@@H](CC(=O)[C@H](C(C)C)N(C)C(=O)OCc1ccc(NC(=O)[C@H](CCCNC(N)=O)CC(=O)[C@@H](NC(=O)COCCOCCOCCOc2ccc(N3C(=O)C(Br)=C(Br)C3=O)cc2)C(C)C)cc1)C(C)C. The summed E-state index contributed by atoms with van der Waals surface area (Å²) in [6.07, 6.45) is -0.887. The van der Waals surface area contributed by atoms with Gasteiger partial charge in [0.2, 0.25) is 23.6 Å². The molecule has 0 aliphatic carbocycles. The van der Waals surface area contributed by atoms with Crippen LogP contribution in [0.2, 0.25) is 0 Å². The molecule has 0 saturated carbocycles. The number of benzene rings is 3. The second kappa shape index (κ2) is 45.6. The summed E-state index contributed by atoms with van der Waals surface area (Å²) in [5.74, 6) is -6.63. The number of nitrogens with zero attached hydrogens (tertiary/aromatic N) is 4. The van der Waals surface area contributed by atoms with Gasteiger partial charge in [-0.2, -0.15) is 0 Å². The van der Waals surface area contributed by atoms with Gasteiger partial charge in [-0.1, -0.05) is 118 Å². The summed E-state index contributed by atoms with van der Waals surface area (Å²) in [5.41, 5.74) is 7.33. The van der Waals surface area contributed by atoms with Crippen molar-refractivity contribution in [3.8, 4) is 5.75 Å². The van der Waals surface area contributed by atoms with Gasteiger partial charge in [-0.15, -0.1) is 0 Å². The van der Waals surface area contributed by atoms with Crippen molar-refractivity contribution in [3.05, 3.63) is 99.0 Å². The summed E-state index contributed by atoms with van der Waals surface area (Å²) < 4.78 is 40.5. The maximum absolute atomic E-state index is 14.9. The minimum absolute atomic E-state index is 0.0601. The lowest BCUT2D eigenvalue weighted by Crippen LogP contribution is -2.54. The van der Waals surface area contributed by atoms with Gasteiger partial charge in [0.05, 0.1) is 87.6 Å². The molecule has 0 aromatic heterocycles. The van der Waals surface area contributed by atoms with E-state index in [9.17, 15) is 57.8 Å². The summed E-state index contributed by atoms with van der Waals surface area (Å²) in [6.45, 7) is 19.8. The number of amides is 9. The van der Waals surface area contributed by atoms with Gasteiger partial charge in [0.25, 0.3) is 11.8 Å². The van der Waals surface area contributed by atoms with Crippen molar-refractivity contribution in [2.75, 3.05) is 97.9 Å². The molecule has 108 heavy (non-hydrogen) atoms. The third-order valence-electron chi connectivity index (χ3n) is 20.1. The lowest BCUT2D eigenvalue weighted by Gasteiger charge is -2.41. The van der Waals surface area contributed by atoms with Crippen LogP contribution in [0, 0.1) is 47.3 Å². The maximum Gasteiger partial charge on any atom is 0.410 e. The molecule has 29 heteroatoms. The fourth-order valence-electron chi connectivity index (χ4n) is 13.8. The van der Waals surface area contributed by atoms with Gasteiger partial charge in [0.1, 0.15) is 40.3 Å². The number of Topliss-reactive ketones (excluding diaryl/α,β-unsaturated/α-hetero) is 3. The third kappa shape index (κ3) is 26.9. The van der Waals surface area contributed by atoms with Crippen LogP contribution in [-0.4, -0.2) is 209 Å². The number of primary amides is 1. The topological polar surface area (TPSA) is 348 Å². The standard InChI is InChI=1S/C79H114Br2N8O19/c1-15-50(8)71(64(102-13)44-66(94)88-34-20-24-60(88)73(103-14)52(10)61(90)41-51(9)72(95)54-21-17-16-18-22-54)86(11)75(97)59(47(2)3)43-63(92)70(49(6)7)87(12)79(101)108-45-53-25-27-56(28-26-53)84-74(96)55(23-19-33-83-78(82)100)42-62(91)69(48(4)5)85-65(93)46-106-38-37-104-35-36-105-39-40-107-58-31-29-57(30-32-58)89-76(98)67(80)68(81)77(89)99/h16-18,21-22,25-32,47-52,55,59-60,64,69-73,95H,15,19-20,23-24,33-46H2,1-14H3,(H,84,96)(H,85,93)(H3,82,83,100)/t50?,51-,52-,55+,59-,60-,64?,69-,70-,71-,72+,73+/m0/s1. The zero-order valence-corrected chi connectivity index (χ0v) is 68.2. The molecule has 5 rings (SSSR count). The molecule has 2 unspecified atom stereocenters. The molecule has 12 atom stereocenters. The Morgan fingerprint density at radius 3 is 1.86 bits per heavy atom. The zero-order chi connectivity index (χ0) is 80.1. The van der Waals surface area contributed by atoms with Gasteiger partial charge in [-0.05, 0) is 135 Å². The van der Waals surface area contributed by atoms with E-state index in [1.807, 2.05) is 85.7 Å². The van der Waals surface area contributed by atoms with Gasteiger partial charge in [0, 0.05) is 84.1 Å². The Labute approximate surface area is 652 Å². The number of halogens is 2. The van der Waals surface area contributed by atoms with E-state index >= 15 is 0 Å². The van der Waals surface area contributed by atoms with Crippen molar-refractivity contribution in [3.63, 3.8) is 0 Å². The molecule has 0 spiro atoms. The van der Waals surface area contributed by atoms with E-state index < -0.39 is 102 Å². The number of aliphatic hydroxyl groups excluding tert-OH is 1. The molecule has 9 amide bonds. The van der Waals surface area contributed by atoms with Crippen LogP contribution in [0.3, 0.4) is 0 Å². The average molecular weight is 1640 g/mol. The number of ether oxygens (including phenoxy) is 7. The van der Waals surface area contributed by atoms with Gasteiger partial charge in [-0.3, -0.25) is 43.2 Å². The van der Waals surface area contributed by atoms with Crippen molar-refractivity contribution < 1.29 is 91.0 Å². The van der Waals surface area contributed by atoms with Gasteiger partial charge in [-0.25, -0.2) is 14.5 Å². The molecule has 0 bridgehead atoms. The number of imide groups is 1. The highest BCUT2D eigenvalue weighted by Crippen LogP contribution is 2.36. The molecule has 6 N–H and O–H groups in total. The first-order valence-electron chi connectivity index (χ1n) is 37.2. The molecule has 2 heterocycles. The highest BCUT2D eigenvalue weighted by atomic mass is 79.9. The Hall–Kier alpha value is -7.51. The zero-order valence-electron chi connectivity index (χ0n) is 65.0. The first-order valence-corrected chi connectivity index (χ1v) is 38.8. The number of likely N-dealkylation sites (N-methyl/N-ethyl adjacent to an activating group) is 2. The highest BCUT2D eigenvalue weighted by Gasteiger charge is 2.45. The van der Waals surface area contributed by atoms with Gasteiger partial charge in [0.15, 0.2) is 11.6 Å². The molecular formula is C79H114Br2N8O19. The first kappa shape index (κ1) is 91.1. The van der Waals surface area contributed by atoms with Crippen LogP contribution in [0.15, 0.2) is 87.8 Å². The lowest BCUT2D eigenvalue weighted by atomic mass is 9.83. The molecule has 1 fully saturated rings. The van der Waals surface area contributed by atoms with E-state index in [-0.39, 0.29) is 153 Å². The summed E-state index contributed by atoms with van der Waals surface area (Å²) in [5, 5.41) is 19.2. The Morgan fingerprint density at radius 1 is 0.685 bits per heavy atom. The number of nitrogens with one attached hydrogen (secondary N) is 3. The molecular weight excluding hydrogens is 1520 g/mol. The Balaban J connectivity index is 1.09. The third-order valence-corrected chi connectivity index (χ3v) is 22.1. The molecule has 598 valence electrons. The van der Waals surface area contributed by atoms with Crippen LogP contribution in [0.1, 0.15) is 144 Å². The van der Waals surface area contributed by atoms with Crippen molar-refractivity contribution in [1.82, 2.24) is 25.3 Å². The minimum Gasteiger partial charge on any atom is -0.491 e. The smallest absolute Gasteiger partial charge is 0.410 e. The van der Waals surface area contributed by atoms with E-state index in [2.05, 4.69) is 47.8 Å². The number of rotatable bonds is 48. The van der Waals surface area contributed by atoms with Crippen molar-refractivity contribution in [2.45, 2.75) is 176 Å². The fraction of sp³-hybridized carbons (Fsp3) is 0.608. The number of carbonyl (C=O) groups excluding carboxylic acids is 11. The predicted octanol–water partition coefficient (Wildman–Crippen LogP) is 9.87. The summed E-state index contributed by atoms with van der Waals surface area (Å²) in [6, 6.07) is 18.5. The van der Waals surface area contributed by atoms with Crippen molar-refractivity contribution >= 4 is 108 Å². The van der Waals surface area contributed by atoms with E-state index in [0.29, 0.717) is 54.9 Å². The Bertz CT molecular complexity index is 3470. The quantitative estimate of drug-likeness (QED) is 0.0259. The molecule has 3 aromatic carbocycles. The molecule has 27 nitrogen and oxygen atoms in total. The summed E-state index contributed by atoms with van der Waals surface area (Å²) in [4.78, 5) is 155. The number of hydrogen-bond donors (Lipinski definition) is 5. The molecule has 3 aromatic rings. The summed E-state index contributed by atoms with van der Waals surface area (Å²) in [7, 11) is 6.23. The van der Waals surface area contributed by atoms with E-state index in [4.69, 9.17) is 38.9 Å². The number of aliphatic hydroxyl groups is 1. The Kier molecular flexibility index (Phi) is 38.5. The second-order valence-electron chi connectivity index (χ2n) is 28.9. The number of likely N-dealkylation sites (tertiary alicyclic amines) is 1. The number of urea groups is 1. The van der Waals surface area contributed by atoms with Crippen LogP contribution >= 0.6 is 31.9 Å². The van der Waals surface area contributed by atoms with Crippen LogP contribution in [0.5, 0.6) is 5.75 Å². The van der Waals surface area contributed by atoms with Crippen molar-refractivity contribution in [2.24, 2.45) is 53.1 Å². The lowest BCUT2D eigenvalue weighted by molar-refractivity contribution is -0.149. The van der Waals surface area contributed by atoms with E-state index in [0.717, 1.165) is 10.5 Å². The predicted molar refractivity (Wildman–Crippen MR) is 414 cm³/mol. The van der Waals surface area contributed by atoms with Gasteiger partial charge < -0.3 is 74.6 Å². The van der Waals surface area contributed by atoms with Crippen LogP contribution < -0.4 is 31.3 Å². The minimum atomic E-state index is -0.977. The number of methoxy groups -OCH3 is 2. The number of anilines is 2. The Morgan fingerprint density at radius 2 is 1.30 bits per heavy atom. The number of nitrogens with two attached hydrogens (primary N) is 1. The van der Waals surface area contributed by atoms with E-state index in [1.165, 1.54) is 19.1 Å². The number of carbonyl (C=O) groups is 11. The number of ketones is 3. The monoisotopic (exact) mass is 1640 g/mol. The van der Waals surface area contributed by atoms with E-state index in [1.54, 1.807) is 86.3 Å². The van der Waals surface area contributed by atoms with Crippen LogP contribution in [-0.2, 0) is 78.2 Å². The molecule has 2 aliphatic rings. The largest absolute Gasteiger partial charge is 0.491 e. The maximum atomic E-state index is 14.9. The van der Waals surface area contributed by atoms with Crippen LogP contribution in [0.25, 0.3) is 0 Å². The highest BCUT2D eigenvalue weighted by molar-refractivity contribution is 9.14. The molecule has 0 radical (unpaired) electrons. The number of hydrogen-bond acceptors (Lipinski definition) is 19. The average Bonchev–Trinajstić information content (AvgIpc) is 1.68. The van der Waals surface area contributed by atoms with Gasteiger partial charge >= 0.3 is 12.1 Å². The summed E-state index contributed by atoms with van der Waals surface area (Å²) >= 11 is 6.23.